The number of carbonyl (C=O) groups is 1. The number of aryl methyl sites for hydroxylation is 1. The molecular weight excluding hydrogens is 458 g/mol. The van der Waals surface area contributed by atoms with Gasteiger partial charge in [-0.15, -0.1) is 11.3 Å². The molecule has 0 atom stereocenters. The number of amides is 1. The number of nitrogens with one attached hydrogen (secondary N) is 1. The van der Waals surface area contributed by atoms with E-state index >= 15 is 0 Å². The molecule has 1 N–H and O–H groups in total. The Morgan fingerprint density at radius 1 is 1.15 bits per heavy atom. The zero-order valence-electron chi connectivity index (χ0n) is 17.8. The van der Waals surface area contributed by atoms with Gasteiger partial charge in [0.15, 0.2) is 5.13 Å². The van der Waals surface area contributed by atoms with Crippen molar-refractivity contribution in [1.29, 1.82) is 5.26 Å². The van der Waals surface area contributed by atoms with Crippen molar-refractivity contribution in [2.24, 2.45) is 0 Å². The lowest BCUT2D eigenvalue weighted by molar-refractivity contribution is 0.0977. The number of rotatable bonds is 6. The van der Waals surface area contributed by atoms with E-state index in [1.807, 2.05) is 40.0 Å². The maximum atomic E-state index is 12.4. The lowest BCUT2D eigenvalue weighted by Crippen LogP contribution is -2.30. The number of anilines is 2. The number of hydrogen-bond acceptors (Lipinski definition) is 8. The molecule has 0 aliphatic heterocycles. The zero-order valence-corrected chi connectivity index (χ0v) is 19.4. The lowest BCUT2D eigenvalue weighted by atomic mass is 10.1. The molecule has 0 unspecified atom stereocenters. The molecule has 4 aromatic rings. The maximum absolute atomic E-state index is 12.4. The van der Waals surface area contributed by atoms with E-state index in [2.05, 4.69) is 16.0 Å². The molecule has 0 saturated carbocycles. The summed E-state index contributed by atoms with van der Waals surface area (Å²) in [4.78, 5) is 23.9. The summed E-state index contributed by atoms with van der Waals surface area (Å²) in [5.41, 5.74) is 2.11. The molecule has 4 rings (SSSR count). The molecule has 166 valence electrons. The van der Waals surface area contributed by atoms with Gasteiger partial charge in [-0.05, 0) is 42.6 Å². The van der Waals surface area contributed by atoms with Crippen LogP contribution >= 0.6 is 11.3 Å². The van der Waals surface area contributed by atoms with Crippen molar-refractivity contribution < 1.29 is 13.2 Å². The van der Waals surface area contributed by atoms with Crippen molar-refractivity contribution in [1.82, 2.24) is 14.7 Å². The Balaban J connectivity index is 1.75. The van der Waals surface area contributed by atoms with Gasteiger partial charge in [-0.3, -0.25) is 9.78 Å². The number of thiazole rings is 1. The van der Waals surface area contributed by atoms with Gasteiger partial charge >= 0.3 is 0 Å². The molecule has 2 heterocycles. The van der Waals surface area contributed by atoms with E-state index in [4.69, 9.17) is 5.26 Å². The predicted molar refractivity (Wildman–Crippen MR) is 128 cm³/mol. The lowest BCUT2D eigenvalue weighted by Gasteiger charge is -2.22. The van der Waals surface area contributed by atoms with Gasteiger partial charge in [0.25, 0.3) is 5.91 Å². The molecule has 0 bridgehead atoms. The number of sulfonamides is 1. The van der Waals surface area contributed by atoms with Crippen molar-refractivity contribution in [3.05, 3.63) is 82.6 Å². The summed E-state index contributed by atoms with van der Waals surface area (Å²) in [5, 5.41) is 11.7. The molecule has 0 aliphatic rings. The normalized spacial score (nSPS) is 11.2. The van der Waals surface area contributed by atoms with Crippen LogP contribution in [-0.4, -0.2) is 30.5 Å². The number of nitrogens with zero attached hydrogens (tertiary/aromatic N) is 4. The van der Waals surface area contributed by atoms with Gasteiger partial charge in [0, 0.05) is 22.1 Å². The van der Waals surface area contributed by atoms with Gasteiger partial charge in [0.1, 0.15) is 5.69 Å². The van der Waals surface area contributed by atoms with Crippen LogP contribution in [0, 0.1) is 18.3 Å². The fourth-order valence-corrected chi connectivity index (χ4v) is 4.65. The summed E-state index contributed by atoms with van der Waals surface area (Å²) in [5.74, 6) is -0.777. The van der Waals surface area contributed by atoms with Crippen LogP contribution in [0.15, 0.2) is 60.8 Å². The molecule has 1 amide bonds. The molecule has 10 heteroatoms. The topological polar surface area (TPSA) is 116 Å². The van der Waals surface area contributed by atoms with E-state index in [9.17, 15) is 13.2 Å². The fourth-order valence-electron chi connectivity index (χ4n) is 3.29. The molecule has 0 saturated heterocycles. The van der Waals surface area contributed by atoms with Crippen LogP contribution in [0.3, 0.4) is 0 Å². The Morgan fingerprint density at radius 3 is 2.52 bits per heavy atom. The van der Waals surface area contributed by atoms with Gasteiger partial charge in [-0.1, -0.05) is 24.3 Å². The number of carbonyl (C=O) groups excluding carboxylic acids is 1. The standard InChI is InChI=1S/C23H19N5O3S2/c1-15-21(22(29)27-33(2,30)31)26-23(32-15)28(20-9-7-16(12-24)8-10-20)14-19-11-17-5-3-4-6-18(17)13-25-19/h3-11,13H,14H2,1-2H3,(H,27,29). The maximum Gasteiger partial charge on any atom is 0.284 e. The highest BCUT2D eigenvalue weighted by atomic mass is 32.2. The van der Waals surface area contributed by atoms with Crippen molar-refractivity contribution in [2.75, 3.05) is 11.2 Å². The predicted octanol–water partition coefficient (Wildman–Crippen LogP) is 3.90. The van der Waals surface area contributed by atoms with E-state index in [0.29, 0.717) is 22.1 Å². The van der Waals surface area contributed by atoms with Crippen molar-refractivity contribution >= 4 is 48.9 Å². The number of hydrogen-bond donors (Lipinski definition) is 1. The summed E-state index contributed by atoms with van der Waals surface area (Å²) in [6, 6.07) is 19.0. The minimum absolute atomic E-state index is 0.0468. The molecule has 0 radical (unpaired) electrons. The Labute approximate surface area is 195 Å². The Hall–Kier alpha value is -3.81. The van der Waals surface area contributed by atoms with E-state index in [1.165, 1.54) is 11.3 Å². The van der Waals surface area contributed by atoms with Gasteiger partial charge in [-0.2, -0.15) is 5.26 Å². The van der Waals surface area contributed by atoms with Crippen LogP contribution in [0.1, 0.15) is 26.6 Å². The molecule has 8 nitrogen and oxygen atoms in total. The molecular formula is C23H19N5O3S2. The average Bonchev–Trinajstić information content (AvgIpc) is 3.18. The quantitative estimate of drug-likeness (QED) is 0.448. The smallest absolute Gasteiger partial charge is 0.284 e. The number of nitriles is 1. The number of fused-ring (bicyclic) bond motifs is 1. The first-order valence-corrected chi connectivity index (χ1v) is 12.6. The molecule has 0 aliphatic carbocycles. The highest BCUT2D eigenvalue weighted by molar-refractivity contribution is 7.89. The van der Waals surface area contributed by atoms with Crippen LogP contribution < -0.4 is 9.62 Å². The number of pyridine rings is 1. The number of benzene rings is 2. The monoisotopic (exact) mass is 477 g/mol. The Morgan fingerprint density at radius 2 is 1.85 bits per heavy atom. The zero-order chi connectivity index (χ0) is 23.6. The van der Waals surface area contributed by atoms with Gasteiger partial charge in [0.2, 0.25) is 10.0 Å². The Bertz CT molecular complexity index is 1490. The summed E-state index contributed by atoms with van der Waals surface area (Å²) in [6.45, 7) is 2.07. The second-order valence-corrected chi connectivity index (χ2v) is 10.3. The van der Waals surface area contributed by atoms with Crippen LogP contribution in [0.5, 0.6) is 0 Å². The first kappa shape index (κ1) is 22.4. The minimum Gasteiger partial charge on any atom is -0.312 e. The number of aromatic nitrogens is 2. The van der Waals surface area contributed by atoms with Crippen molar-refractivity contribution in [3.63, 3.8) is 0 Å². The van der Waals surface area contributed by atoms with Gasteiger partial charge in [-0.25, -0.2) is 18.1 Å². The molecule has 2 aromatic carbocycles. The first-order valence-electron chi connectivity index (χ1n) is 9.84. The molecule has 33 heavy (non-hydrogen) atoms. The van der Waals surface area contributed by atoms with Crippen LogP contribution in [0.25, 0.3) is 10.8 Å². The second kappa shape index (κ2) is 8.97. The van der Waals surface area contributed by atoms with E-state index in [-0.39, 0.29) is 5.69 Å². The van der Waals surface area contributed by atoms with E-state index in [0.717, 1.165) is 28.4 Å². The van der Waals surface area contributed by atoms with Gasteiger partial charge < -0.3 is 4.90 Å². The Kier molecular flexibility index (Phi) is 6.09. The summed E-state index contributed by atoms with van der Waals surface area (Å²) < 4.78 is 25.0. The van der Waals surface area contributed by atoms with Crippen molar-refractivity contribution in [3.8, 4) is 6.07 Å². The summed E-state index contributed by atoms with van der Waals surface area (Å²) in [7, 11) is -3.72. The van der Waals surface area contributed by atoms with Crippen LogP contribution in [0.2, 0.25) is 0 Å². The third-order valence-corrected chi connectivity index (χ3v) is 6.38. The van der Waals surface area contributed by atoms with Crippen LogP contribution in [-0.2, 0) is 16.6 Å². The molecule has 0 fully saturated rings. The van der Waals surface area contributed by atoms with E-state index in [1.54, 1.807) is 37.4 Å². The second-order valence-electron chi connectivity index (χ2n) is 7.37. The SMILES string of the molecule is Cc1sc(N(Cc2cc3ccccc3cn2)c2ccc(C#N)cc2)nc1C(=O)NS(C)(=O)=O. The molecule has 2 aromatic heterocycles. The highest BCUT2D eigenvalue weighted by Crippen LogP contribution is 2.33. The van der Waals surface area contributed by atoms with Crippen LogP contribution in [0.4, 0.5) is 10.8 Å². The highest BCUT2D eigenvalue weighted by Gasteiger charge is 2.22. The minimum atomic E-state index is -3.72. The van der Waals surface area contributed by atoms with E-state index < -0.39 is 15.9 Å². The summed E-state index contributed by atoms with van der Waals surface area (Å²) >= 11 is 1.27. The summed E-state index contributed by atoms with van der Waals surface area (Å²) in [6.07, 6.45) is 2.72. The largest absolute Gasteiger partial charge is 0.312 e. The fraction of sp³-hybridized carbons (Fsp3) is 0.130. The average molecular weight is 478 g/mol. The van der Waals surface area contributed by atoms with Gasteiger partial charge in [0.05, 0.1) is 30.1 Å². The third-order valence-electron chi connectivity index (χ3n) is 4.83. The molecule has 0 spiro atoms. The van der Waals surface area contributed by atoms with Crippen molar-refractivity contribution in [2.45, 2.75) is 13.5 Å². The first-order chi connectivity index (χ1) is 15.7. The third kappa shape index (κ3) is 5.16.